The quantitative estimate of drug-likeness (QED) is 0.659. The normalized spacial score (nSPS) is 32.3. The highest BCUT2D eigenvalue weighted by Gasteiger charge is 2.61. The summed E-state index contributed by atoms with van der Waals surface area (Å²) in [5, 5.41) is 27.2. The van der Waals surface area contributed by atoms with Crippen molar-refractivity contribution in [2.24, 2.45) is 23.7 Å². The molecule has 4 bridgehead atoms. The summed E-state index contributed by atoms with van der Waals surface area (Å²) in [4.78, 5) is 25.4. The highest BCUT2D eigenvalue weighted by molar-refractivity contribution is 6.33. The van der Waals surface area contributed by atoms with Crippen LogP contribution in [0.1, 0.15) is 32.1 Å². The fraction of sp³-hybridized carbons (Fsp3) is 0.476. The van der Waals surface area contributed by atoms with Crippen molar-refractivity contribution in [1.82, 2.24) is 9.78 Å². The number of benzene rings is 1. The predicted molar refractivity (Wildman–Crippen MR) is 108 cm³/mol. The standard InChI is InChI=1S/C21H22ClN3O4/c22-18-15(24-14-3-1-2-4-16(14)26)10-23-25(19(18)27)21-8-11-5-12(9-21)7-13(6-11)17(21)20(28)29/h1-4,10-13,17,24,26H,5-9H2,(H,28,29)/t11-,12+,13?,17-,21?/m0/s1. The molecule has 8 heteroatoms. The van der Waals surface area contributed by atoms with Crippen LogP contribution in [0.15, 0.2) is 35.3 Å². The number of para-hydroxylation sites is 2. The monoisotopic (exact) mass is 415 g/mol. The first kappa shape index (κ1) is 18.5. The first-order chi connectivity index (χ1) is 13.9. The summed E-state index contributed by atoms with van der Waals surface area (Å²) < 4.78 is 1.36. The second kappa shape index (κ2) is 6.49. The molecule has 2 aromatic rings. The van der Waals surface area contributed by atoms with Crippen molar-refractivity contribution >= 4 is 28.9 Å². The molecule has 0 aliphatic heterocycles. The Morgan fingerprint density at radius 3 is 2.52 bits per heavy atom. The van der Waals surface area contributed by atoms with E-state index >= 15 is 0 Å². The largest absolute Gasteiger partial charge is 0.506 e. The van der Waals surface area contributed by atoms with Gasteiger partial charge >= 0.3 is 5.97 Å². The molecule has 4 fully saturated rings. The minimum absolute atomic E-state index is 0.0276. The predicted octanol–water partition coefficient (Wildman–Crippen LogP) is 3.58. The van der Waals surface area contributed by atoms with Gasteiger partial charge in [-0.25, -0.2) is 4.68 Å². The third kappa shape index (κ3) is 2.74. The van der Waals surface area contributed by atoms with E-state index in [1.807, 2.05) is 0 Å². The van der Waals surface area contributed by atoms with Crippen molar-refractivity contribution in [2.45, 2.75) is 37.6 Å². The molecule has 29 heavy (non-hydrogen) atoms. The Hall–Kier alpha value is -2.54. The number of aromatic nitrogens is 2. The van der Waals surface area contributed by atoms with Crippen LogP contribution >= 0.6 is 11.6 Å². The van der Waals surface area contributed by atoms with E-state index in [0.717, 1.165) is 19.3 Å². The minimum Gasteiger partial charge on any atom is -0.506 e. The fourth-order valence-electron chi connectivity index (χ4n) is 6.30. The fourth-order valence-corrected chi connectivity index (χ4v) is 6.47. The lowest BCUT2D eigenvalue weighted by Crippen LogP contribution is -2.63. The summed E-state index contributed by atoms with van der Waals surface area (Å²) in [6, 6.07) is 6.63. The molecule has 1 heterocycles. The second-order valence-corrected chi connectivity index (χ2v) is 9.14. The molecule has 7 nitrogen and oxygen atoms in total. The summed E-state index contributed by atoms with van der Waals surface area (Å²) in [6.45, 7) is 0. The molecule has 4 saturated carbocycles. The van der Waals surface area contributed by atoms with Gasteiger partial charge in [0.05, 0.1) is 29.0 Å². The number of aliphatic carboxylic acids is 1. The number of hydrogen-bond acceptors (Lipinski definition) is 5. The molecule has 6 rings (SSSR count). The summed E-state index contributed by atoms with van der Waals surface area (Å²) in [5.41, 5.74) is -0.604. The first-order valence-electron chi connectivity index (χ1n) is 9.95. The number of nitrogens with one attached hydrogen (secondary N) is 1. The van der Waals surface area contributed by atoms with Crippen molar-refractivity contribution in [3.05, 3.63) is 45.8 Å². The van der Waals surface area contributed by atoms with Gasteiger partial charge < -0.3 is 15.5 Å². The molecule has 3 N–H and O–H groups in total. The van der Waals surface area contributed by atoms with E-state index in [1.54, 1.807) is 18.2 Å². The van der Waals surface area contributed by atoms with Gasteiger partial charge in [-0.2, -0.15) is 5.10 Å². The van der Waals surface area contributed by atoms with Crippen molar-refractivity contribution < 1.29 is 15.0 Å². The smallest absolute Gasteiger partial charge is 0.309 e. The number of carboxylic acids is 1. The Bertz CT molecular complexity index is 1040. The molecule has 1 aromatic carbocycles. The number of anilines is 2. The van der Waals surface area contributed by atoms with E-state index in [-0.39, 0.29) is 22.4 Å². The zero-order valence-electron chi connectivity index (χ0n) is 15.7. The van der Waals surface area contributed by atoms with E-state index in [0.29, 0.717) is 30.4 Å². The van der Waals surface area contributed by atoms with Crippen LogP contribution < -0.4 is 10.9 Å². The molecule has 152 valence electrons. The lowest BCUT2D eigenvalue weighted by atomic mass is 9.48. The van der Waals surface area contributed by atoms with Gasteiger partial charge in [0.1, 0.15) is 10.8 Å². The van der Waals surface area contributed by atoms with Gasteiger partial charge in [-0.15, -0.1) is 0 Å². The maximum atomic E-state index is 13.2. The van der Waals surface area contributed by atoms with E-state index in [1.165, 1.54) is 16.9 Å². The lowest BCUT2D eigenvalue weighted by Gasteiger charge is -2.59. The Morgan fingerprint density at radius 2 is 1.86 bits per heavy atom. The molecule has 5 atom stereocenters. The van der Waals surface area contributed by atoms with Crippen molar-refractivity contribution in [1.29, 1.82) is 0 Å². The van der Waals surface area contributed by atoms with E-state index in [9.17, 15) is 19.8 Å². The van der Waals surface area contributed by atoms with Crippen LogP contribution in [0.4, 0.5) is 11.4 Å². The Kier molecular flexibility index (Phi) is 4.13. The first-order valence-corrected chi connectivity index (χ1v) is 10.3. The number of phenolic OH excluding ortho intramolecular Hbond substituents is 1. The van der Waals surface area contributed by atoms with Crippen LogP contribution in [-0.4, -0.2) is 26.0 Å². The SMILES string of the molecule is O=C(O)[C@@H]1C2C[C@@H]3C[C@H](C2)CC1(n1ncc(Nc2ccccc2O)c(Cl)c1=O)C3. The zero-order chi connectivity index (χ0) is 20.3. The zero-order valence-corrected chi connectivity index (χ0v) is 16.5. The maximum Gasteiger partial charge on any atom is 0.309 e. The average Bonchev–Trinajstić information content (AvgIpc) is 2.66. The molecule has 0 amide bonds. The van der Waals surface area contributed by atoms with Crippen LogP contribution in [0.5, 0.6) is 5.75 Å². The van der Waals surface area contributed by atoms with Crippen LogP contribution in [-0.2, 0) is 10.3 Å². The molecule has 0 saturated heterocycles. The molecule has 4 aliphatic carbocycles. The number of carboxylic acid groups (broad SMARTS) is 1. The van der Waals surface area contributed by atoms with Gasteiger partial charge in [-0.3, -0.25) is 9.59 Å². The van der Waals surface area contributed by atoms with Crippen molar-refractivity contribution in [3.8, 4) is 5.75 Å². The minimum atomic E-state index is -0.852. The summed E-state index contributed by atoms with van der Waals surface area (Å²) in [7, 11) is 0. The van der Waals surface area contributed by atoms with E-state index in [2.05, 4.69) is 10.4 Å². The molecule has 1 aromatic heterocycles. The number of halogens is 1. The topological polar surface area (TPSA) is 104 Å². The number of carbonyl (C=O) groups is 1. The van der Waals surface area contributed by atoms with Crippen LogP contribution in [0, 0.1) is 23.7 Å². The van der Waals surface area contributed by atoms with Gasteiger partial charge in [0, 0.05) is 0 Å². The number of phenols is 1. The van der Waals surface area contributed by atoms with Crippen LogP contribution in [0.3, 0.4) is 0 Å². The van der Waals surface area contributed by atoms with Gasteiger partial charge in [-0.05, 0) is 62.0 Å². The lowest BCUT2D eigenvalue weighted by molar-refractivity contribution is -0.168. The highest BCUT2D eigenvalue weighted by Crippen LogP contribution is 2.61. The van der Waals surface area contributed by atoms with Gasteiger partial charge in [0.2, 0.25) is 0 Å². The van der Waals surface area contributed by atoms with Crippen LogP contribution in [0.25, 0.3) is 0 Å². The van der Waals surface area contributed by atoms with Crippen LogP contribution in [0.2, 0.25) is 5.02 Å². The molecule has 2 unspecified atom stereocenters. The highest BCUT2D eigenvalue weighted by atomic mass is 35.5. The summed E-state index contributed by atoms with van der Waals surface area (Å²) in [5.74, 6) is -0.474. The third-order valence-corrected chi connectivity index (χ3v) is 7.42. The van der Waals surface area contributed by atoms with Gasteiger partial charge in [-0.1, -0.05) is 23.7 Å². The molecule has 0 spiro atoms. The molecule has 4 aliphatic rings. The number of nitrogens with zero attached hydrogens (tertiary/aromatic N) is 2. The van der Waals surface area contributed by atoms with Crippen molar-refractivity contribution in [3.63, 3.8) is 0 Å². The average molecular weight is 416 g/mol. The Balaban J connectivity index is 1.58. The Morgan fingerprint density at radius 1 is 1.17 bits per heavy atom. The molecular weight excluding hydrogens is 394 g/mol. The maximum absolute atomic E-state index is 13.2. The third-order valence-electron chi connectivity index (χ3n) is 7.05. The van der Waals surface area contributed by atoms with E-state index in [4.69, 9.17) is 11.6 Å². The number of hydrogen-bond donors (Lipinski definition) is 3. The second-order valence-electron chi connectivity index (χ2n) is 8.76. The Labute approximate surface area is 172 Å². The summed E-state index contributed by atoms with van der Waals surface area (Å²) >= 11 is 6.40. The number of aromatic hydroxyl groups is 1. The van der Waals surface area contributed by atoms with Gasteiger partial charge in [0.25, 0.3) is 5.56 Å². The molecular formula is C21H22ClN3O4. The number of rotatable bonds is 4. The van der Waals surface area contributed by atoms with E-state index < -0.39 is 23.0 Å². The van der Waals surface area contributed by atoms with Crippen molar-refractivity contribution in [2.75, 3.05) is 5.32 Å². The molecule has 0 radical (unpaired) electrons. The van der Waals surface area contributed by atoms with Gasteiger partial charge in [0.15, 0.2) is 0 Å². The summed E-state index contributed by atoms with van der Waals surface area (Å²) in [6.07, 6.45) is 5.72.